The number of hydrogen-bond donors (Lipinski definition) is 3. The Morgan fingerprint density at radius 3 is 2.61 bits per heavy atom. The first-order chi connectivity index (χ1) is 14.6. The molecule has 4 N–H and O–H groups in total. The van der Waals surface area contributed by atoms with Gasteiger partial charge < -0.3 is 15.5 Å². The number of primary amides is 1. The lowest BCUT2D eigenvalue weighted by Crippen LogP contribution is -2.58. The van der Waals surface area contributed by atoms with E-state index in [2.05, 4.69) is 20.3 Å². The summed E-state index contributed by atoms with van der Waals surface area (Å²) >= 11 is 0. The second-order valence-corrected chi connectivity index (χ2v) is 7.63. The zero-order chi connectivity index (χ0) is 22.8. The van der Waals surface area contributed by atoms with Gasteiger partial charge in [0.25, 0.3) is 0 Å². The van der Waals surface area contributed by atoms with Crippen molar-refractivity contribution in [2.75, 3.05) is 13.7 Å². The number of nitrogens with zero attached hydrogens (tertiary/aromatic N) is 2. The molecule has 0 spiro atoms. The molecule has 1 atom stereocenters. The molecule has 0 fully saturated rings. The van der Waals surface area contributed by atoms with Crippen molar-refractivity contribution in [1.82, 2.24) is 20.3 Å². The van der Waals surface area contributed by atoms with Crippen LogP contribution in [0.4, 0.5) is 13.2 Å². The van der Waals surface area contributed by atoms with Crippen molar-refractivity contribution in [2.24, 2.45) is 11.7 Å². The molecule has 7 nitrogen and oxygen atoms in total. The Morgan fingerprint density at radius 1 is 1.26 bits per heavy atom. The van der Waals surface area contributed by atoms with Crippen LogP contribution in [0.2, 0.25) is 0 Å². The summed E-state index contributed by atoms with van der Waals surface area (Å²) in [4.78, 5) is 24.1. The quantitative estimate of drug-likeness (QED) is 0.504. The molecule has 10 heteroatoms. The van der Waals surface area contributed by atoms with Crippen molar-refractivity contribution >= 4 is 16.9 Å². The van der Waals surface area contributed by atoms with E-state index < -0.39 is 30.1 Å². The number of nitrogens with one attached hydrogen (secondary N) is 2. The number of amides is 1. The average Bonchev–Trinajstić information content (AvgIpc) is 3.11. The summed E-state index contributed by atoms with van der Waals surface area (Å²) in [6.45, 7) is 2.28. The Labute approximate surface area is 177 Å². The third-order valence-corrected chi connectivity index (χ3v) is 5.23. The minimum absolute atomic E-state index is 0.257. The Balaban J connectivity index is 2.11. The van der Waals surface area contributed by atoms with Gasteiger partial charge in [-0.25, -0.2) is 4.98 Å². The molecular weight excluding hydrogens is 411 g/mol. The van der Waals surface area contributed by atoms with Crippen molar-refractivity contribution in [1.29, 1.82) is 0 Å². The van der Waals surface area contributed by atoms with Crippen LogP contribution >= 0.6 is 0 Å². The van der Waals surface area contributed by atoms with Crippen molar-refractivity contribution in [3.05, 3.63) is 48.0 Å². The van der Waals surface area contributed by atoms with Gasteiger partial charge in [0.05, 0.1) is 13.2 Å². The summed E-state index contributed by atoms with van der Waals surface area (Å²) in [6, 6.07) is 3.54. The fraction of sp³-hybridized carbons (Fsp3) is 0.381. The fourth-order valence-electron chi connectivity index (χ4n) is 3.73. The minimum atomic E-state index is -4.51. The first kappa shape index (κ1) is 22.7. The molecule has 31 heavy (non-hydrogen) atoms. The molecule has 3 aromatic heterocycles. The molecule has 0 aromatic carbocycles. The molecule has 0 saturated heterocycles. The fourth-order valence-corrected chi connectivity index (χ4v) is 3.73. The predicted molar refractivity (Wildman–Crippen MR) is 110 cm³/mol. The Kier molecular flexibility index (Phi) is 6.33. The van der Waals surface area contributed by atoms with Crippen LogP contribution in [0.5, 0.6) is 0 Å². The van der Waals surface area contributed by atoms with Crippen LogP contribution in [0, 0.1) is 5.92 Å². The molecule has 0 aliphatic carbocycles. The predicted octanol–water partition coefficient (Wildman–Crippen LogP) is 3.26. The highest BCUT2D eigenvalue weighted by Crippen LogP contribution is 2.34. The third-order valence-electron chi connectivity index (χ3n) is 5.23. The molecule has 3 heterocycles. The van der Waals surface area contributed by atoms with Gasteiger partial charge in [-0.1, -0.05) is 13.8 Å². The third kappa shape index (κ3) is 4.54. The molecule has 0 radical (unpaired) electrons. The van der Waals surface area contributed by atoms with Crippen LogP contribution in [0.1, 0.15) is 25.0 Å². The smallest absolute Gasteiger partial charge is 0.380 e. The maximum atomic E-state index is 13.0. The first-order valence-electron chi connectivity index (χ1n) is 9.61. The maximum Gasteiger partial charge on any atom is 0.401 e. The topological polar surface area (TPSA) is 106 Å². The number of hydrogen-bond acceptors (Lipinski definition) is 5. The van der Waals surface area contributed by atoms with Gasteiger partial charge in [0.1, 0.15) is 11.2 Å². The number of carbonyl (C=O) groups is 1. The number of ether oxygens (including phenoxy) is 1. The van der Waals surface area contributed by atoms with Gasteiger partial charge in [-0.15, -0.1) is 0 Å². The molecule has 0 aliphatic rings. The van der Waals surface area contributed by atoms with E-state index in [1.54, 1.807) is 45.6 Å². The molecule has 0 saturated carbocycles. The number of carbonyl (C=O) groups excluding carboxylic acids is 1. The van der Waals surface area contributed by atoms with E-state index >= 15 is 0 Å². The second-order valence-electron chi connectivity index (χ2n) is 7.63. The largest absolute Gasteiger partial charge is 0.401 e. The van der Waals surface area contributed by atoms with Crippen LogP contribution in [0.15, 0.2) is 36.9 Å². The van der Waals surface area contributed by atoms with Gasteiger partial charge in [0.15, 0.2) is 0 Å². The van der Waals surface area contributed by atoms with Crippen molar-refractivity contribution in [2.45, 2.75) is 32.2 Å². The van der Waals surface area contributed by atoms with Gasteiger partial charge >= 0.3 is 6.18 Å². The zero-order valence-corrected chi connectivity index (χ0v) is 17.4. The minimum Gasteiger partial charge on any atom is -0.380 e. The number of methoxy groups -OCH3 is 1. The number of aromatic amines is 1. The molecule has 3 aromatic rings. The summed E-state index contributed by atoms with van der Waals surface area (Å²) in [5.74, 6) is -1.48. The van der Waals surface area contributed by atoms with Crippen LogP contribution in [0.3, 0.4) is 0 Å². The lowest BCUT2D eigenvalue weighted by molar-refractivity contribution is -0.139. The number of pyridine rings is 2. The van der Waals surface area contributed by atoms with Gasteiger partial charge in [0, 0.05) is 54.0 Å². The normalized spacial score (nSPS) is 14.2. The first-order valence-corrected chi connectivity index (χ1v) is 9.61. The van der Waals surface area contributed by atoms with Gasteiger partial charge in [0.2, 0.25) is 5.91 Å². The van der Waals surface area contributed by atoms with Crippen LogP contribution < -0.4 is 11.1 Å². The number of alkyl halides is 3. The monoisotopic (exact) mass is 435 g/mol. The number of nitrogens with two attached hydrogens (primary N) is 1. The second kappa shape index (κ2) is 8.64. The van der Waals surface area contributed by atoms with E-state index in [0.717, 1.165) is 16.5 Å². The van der Waals surface area contributed by atoms with Crippen molar-refractivity contribution in [3.63, 3.8) is 0 Å². The summed E-state index contributed by atoms with van der Waals surface area (Å²) in [7, 11) is 1.58. The maximum absolute atomic E-state index is 13.0. The molecule has 0 bridgehead atoms. The lowest BCUT2D eigenvalue weighted by atomic mass is 9.79. The zero-order valence-electron chi connectivity index (χ0n) is 17.4. The Morgan fingerprint density at radius 2 is 2.00 bits per heavy atom. The van der Waals surface area contributed by atoms with E-state index in [1.165, 1.54) is 6.20 Å². The molecule has 0 unspecified atom stereocenters. The standard InChI is InChI=1S/C21H24F3N5O2/c1-12(2)21(19(25)30,29-11-20(22,23)24)15-5-14(7-26-8-15)17-9-28-18-16(17)4-13(6-27-18)10-31-3/h4-9,12,29H,10-11H2,1-3H3,(H2,25,30)(H,27,28)/t21-/m0/s1. The average molecular weight is 435 g/mol. The number of aromatic nitrogens is 3. The summed E-state index contributed by atoms with van der Waals surface area (Å²) in [5.41, 5.74) is 6.99. The van der Waals surface area contributed by atoms with E-state index in [4.69, 9.17) is 10.5 Å². The molecule has 1 amide bonds. The number of rotatable bonds is 8. The lowest BCUT2D eigenvalue weighted by Gasteiger charge is -2.36. The van der Waals surface area contributed by atoms with E-state index in [9.17, 15) is 18.0 Å². The summed E-state index contributed by atoms with van der Waals surface area (Å²) in [5, 5.41) is 3.14. The van der Waals surface area contributed by atoms with E-state index in [-0.39, 0.29) is 5.56 Å². The van der Waals surface area contributed by atoms with E-state index in [1.807, 2.05) is 6.07 Å². The summed E-state index contributed by atoms with van der Waals surface area (Å²) < 4.78 is 44.0. The van der Waals surface area contributed by atoms with E-state index in [0.29, 0.717) is 17.8 Å². The number of fused-ring (bicyclic) bond motifs is 1. The van der Waals surface area contributed by atoms with Crippen LogP contribution in [-0.4, -0.2) is 40.7 Å². The van der Waals surface area contributed by atoms with Crippen molar-refractivity contribution < 1.29 is 22.7 Å². The molecule has 166 valence electrons. The molecule has 3 rings (SSSR count). The number of H-pyrrole nitrogens is 1. The van der Waals surface area contributed by atoms with Crippen molar-refractivity contribution in [3.8, 4) is 11.1 Å². The Hall–Kier alpha value is -2.98. The highest BCUT2D eigenvalue weighted by Gasteiger charge is 2.44. The highest BCUT2D eigenvalue weighted by atomic mass is 19.4. The van der Waals surface area contributed by atoms with Gasteiger partial charge in [-0.3, -0.25) is 15.1 Å². The molecular formula is C21H24F3N5O2. The van der Waals surface area contributed by atoms with Crippen LogP contribution in [0.25, 0.3) is 22.2 Å². The number of halogens is 3. The van der Waals surface area contributed by atoms with Gasteiger partial charge in [-0.2, -0.15) is 13.2 Å². The Bertz CT molecular complexity index is 1080. The summed E-state index contributed by atoms with van der Waals surface area (Å²) in [6.07, 6.45) is 1.85. The SMILES string of the molecule is COCc1cnc2[nH]cc(-c3cncc([C@](NCC(F)(F)F)(C(N)=O)C(C)C)c3)c2c1. The van der Waals surface area contributed by atoms with Crippen LogP contribution in [-0.2, 0) is 21.7 Å². The highest BCUT2D eigenvalue weighted by molar-refractivity contribution is 5.94. The van der Waals surface area contributed by atoms with Gasteiger partial charge in [-0.05, 0) is 23.6 Å². The molecule has 0 aliphatic heterocycles.